The summed E-state index contributed by atoms with van der Waals surface area (Å²) >= 11 is 0. The maximum atomic E-state index is 12.5. The van der Waals surface area contributed by atoms with Gasteiger partial charge in [0.1, 0.15) is 0 Å². The van der Waals surface area contributed by atoms with E-state index in [2.05, 4.69) is 15.5 Å². The van der Waals surface area contributed by atoms with E-state index in [9.17, 15) is 9.90 Å². The van der Waals surface area contributed by atoms with Crippen molar-refractivity contribution in [2.75, 3.05) is 32.7 Å². The second-order valence-electron chi connectivity index (χ2n) is 7.55. The lowest BCUT2D eigenvalue weighted by Gasteiger charge is -2.36. The summed E-state index contributed by atoms with van der Waals surface area (Å²) < 4.78 is 5.99. The van der Waals surface area contributed by atoms with E-state index in [0.29, 0.717) is 6.42 Å². The zero-order chi connectivity index (χ0) is 16.8. The van der Waals surface area contributed by atoms with Gasteiger partial charge in [-0.1, -0.05) is 19.3 Å². The molecule has 0 spiro atoms. The van der Waals surface area contributed by atoms with Gasteiger partial charge in [0.2, 0.25) is 0 Å². The van der Waals surface area contributed by atoms with Crippen LogP contribution in [0.25, 0.3) is 0 Å². The molecule has 6 heteroatoms. The van der Waals surface area contributed by atoms with Crippen LogP contribution in [0.3, 0.4) is 0 Å². The van der Waals surface area contributed by atoms with Crippen molar-refractivity contribution in [3.05, 3.63) is 0 Å². The molecular formula is C18H33N3O3. The van der Waals surface area contributed by atoms with Crippen molar-refractivity contribution in [2.24, 2.45) is 0 Å². The first-order chi connectivity index (χ1) is 11.7. The van der Waals surface area contributed by atoms with Gasteiger partial charge in [-0.3, -0.25) is 4.79 Å². The van der Waals surface area contributed by atoms with E-state index in [-0.39, 0.29) is 18.1 Å². The third-order valence-corrected chi connectivity index (χ3v) is 5.66. The molecule has 2 saturated heterocycles. The van der Waals surface area contributed by atoms with Crippen LogP contribution >= 0.6 is 0 Å². The summed E-state index contributed by atoms with van der Waals surface area (Å²) in [7, 11) is 0. The van der Waals surface area contributed by atoms with Crippen molar-refractivity contribution in [3.8, 4) is 0 Å². The Morgan fingerprint density at radius 2 is 1.88 bits per heavy atom. The summed E-state index contributed by atoms with van der Waals surface area (Å²) in [4.78, 5) is 15.0. The average molecular weight is 339 g/mol. The molecule has 0 aromatic rings. The molecule has 0 radical (unpaired) electrons. The molecule has 0 aromatic heterocycles. The van der Waals surface area contributed by atoms with Crippen molar-refractivity contribution in [1.82, 2.24) is 15.5 Å². The molecule has 3 aliphatic rings. The van der Waals surface area contributed by atoms with Crippen LogP contribution < -0.4 is 10.6 Å². The minimum atomic E-state index is -0.686. The first-order valence-electron chi connectivity index (χ1n) is 9.79. The molecule has 24 heavy (non-hydrogen) atoms. The van der Waals surface area contributed by atoms with Crippen molar-refractivity contribution in [3.63, 3.8) is 0 Å². The van der Waals surface area contributed by atoms with Crippen molar-refractivity contribution >= 4 is 5.91 Å². The minimum Gasteiger partial charge on any atom is -0.390 e. The van der Waals surface area contributed by atoms with Crippen molar-refractivity contribution < 1.29 is 14.6 Å². The van der Waals surface area contributed by atoms with Crippen molar-refractivity contribution in [1.29, 1.82) is 0 Å². The molecule has 3 rings (SSSR count). The summed E-state index contributed by atoms with van der Waals surface area (Å²) in [6.45, 7) is 5.29. The molecule has 1 saturated carbocycles. The molecular weight excluding hydrogens is 306 g/mol. The number of piperazine rings is 1. The maximum Gasteiger partial charge on any atom is 0.252 e. The van der Waals surface area contributed by atoms with Gasteiger partial charge >= 0.3 is 0 Å². The van der Waals surface area contributed by atoms with Crippen molar-refractivity contribution in [2.45, 2.75) is 75.7 Å². The molecule has 6 nitrogen and oxygen atoms in total. The largest absolute Gasteiger partial charge is 0.390 e. The van der Waals surface area contributed by atoms with Crippen LogP contribution in [-0.4, -0.2) is 73.0 Å². The third-order valence-electron chi connectivity index (χ3n) is 5.66. The van der Waals surface area contributed by atoms with Crippen LogP contribution in [0.5, 0.6) is 0 Å². The predicted molar refractivity (Wildman–Crippen MR) is 92.8 cm³/mol. The molecule has 138 valence electrons. The molecule has 0 bridgehead atoms. The lowest BCUT2D eigenvalue weighted by atomic mass is 9.94. The lowest BCUT2D eigenvalue weighted by Crippen LogP contribution is -2.52. The maximum absolute atomic E-state index is 12.5. The van der Waals surface area contributed by atoms with E-state index in [1.54, 1.807) is 0 Å². The van der Waals surface area contributed by atoms with Crippen LogP contribution in [0.1, 0.15) is 51.4 Å². The van der Waals surface area contributed by atoms with E-state index < -0.39 is 12.2 Å². The fourth-order valence-electron chi connectivity index (χ4n) is 4.11. The smallest absolute Gasteiger partial charge is 0.252 e. The van der Waals surface area contributed by atoms with Gasteiger partial charge in [-0.05, 0) is 32.1 Å². The third kappa shape index (κ3) is 5.15. The minimum absolute atomic E-state index is 0.0883. The Labute approximate surface area is 145 Å². The Balaban J connectivity index is 1.44. The van der Waals surface area contributed by atoms with E-state index in [1.165, 1.54) is 19.3 Å². The van der Waals surface area contributed by atoms with Crippen LogP contribution in [0.15, 0.2) is 0 Å². The Bertz CT molecular complexity index is 395. The lowest BCUT2D eigenvalue weighted by molar-refractivity contribution is -0.159. The molecule has 3 atom stereocenters. The van der Waals surface area contributed by atoms with Gasteiger partial charge in [0.25, 0.3) is 5.91 Å². The molecule has 1 amide bonds. The topological polar surface area (TPSA) is 73.8 Å². The van der Waals surface area contributed by atoms with E-state index >= 15 is 0 Å². The molecule has 2 aliphatic heterocycles. The molecule has 3 N–H and O–H groups in total. The van der Waals surface area contributed by atoms with Gasteiger partial charge in [-0.25, -0.2) is 0 Å². The Morgan fingerprint density at radius 1 is 1.12 bits per heavy atom. The first-order valence-corrected chi connectivity index (χ1v) is 9.79. The predicted octanol–water partition coefficient (Wildman–Crippen LogP) is 0.639. The fourth-order valence-corrected chi connectivity index (χ4v) is 4.11. The van der Waals surface area contributed by atoms with Gasteiger partial charge in [-0.15, -0.1) is 0 Å². The summed E-state index contributed by atoms with van der Waals surface area (Å²) in [6, 6.07) is 0.267. The Morgan fingerprint density at radius 3 is 2.62 bits per heavy atom. The summed E-state index contributed by atoms with van der Waals surface area (Å²) in [5, 5.41) is 16.7. The zero-order valence-electron chi connectivity index (χ0n) is 14.7. The first kappa shape index (κ1) is 18.1. The standard InChI is InChI=1S/C18H33N3O3/c22-16-7-6-15(8-11-21-12-9-19-10-13-21)24-17(16)18(23)20-14-4-2-1-3-5-14/h14-17,19,22H,1-13H2,(H,20,23)/t15-,16-,17-/m0/s1. The number of carbonyl (C=O) groups is 1. The van der Waals surface area contributed by atoms with E-state index in [1.807, 2.05) is 0 Å². The Kier molecular flexibility index (Phi) is 6.89. The molecule has 0 aromatic carbocycles. The average Bonchev–Trinajstić information content (AvgIpc) is 2.62. The van der Waals surface area contributed by atoms with Crippen LogP contribution in [0, 0.1) is 0 Å². The second kappa shape index (κ2) is 9.13. The number of amides is 1. The quantitative estimate of drug-likeness (QED) is 0.685. The van der Waals surface area contributed by atoms with E-state index in [0.717, 1.165) is 58.4 Å². The summed E-state index contributed by atoms with van der Waals surface area (Å²) in [5.41, 5.74) is 0. The highest BCUT2D eigenvalue weighted by Gasteiger charge is 2.36. The van der Waals surface area contributed by atoms with E-state index in [4.69, 9.17) is 4.74 Å². The summed E-state index contributed by atoms with van der Waals surface area (Å²) in [6.07, 6.45) is 6.95. The summed E-state index contributed by atoms with van der Waals surface area (Å²) in [5.74, 6) is -0.110. The highest BCUT2D eigenvalue weighted by molar-refractivity contribution is 5.81. The van der Waals surface area contributed by atoms with Gasteiger partial charge in [0.15, 0.2) is 6.10 Å². The second-order valence-corrected chi connectivity index (χ2v) is 7.55. The fraction of sp³-hybridized carbons (Fsp3) is 0.944. The SMILES string of the molecule is O=C(NC1CCCCC1)[C@H]1O[C@H](CCN2CCNCC2)CC[C@@H]1O. The number of aliphatic hydroxyl groups excluding tert-OH is 1. The number of nitrogens with zero attached hydrogens (tertiary/aromatic N) is 1. The number of hydrogen-bond acceptors (Lipinski definition) is 5. The number of hydrogen-bond donors (Lipinski definition) is 3. The number of nitrogens with one attached hydrogen (secondary N) is 2. The number of rotatable bonds is 5. The van der Waals surface area contributed by atoms with Crippen LogP contribution in [0.2, 0.25) is 0 Å². The molecule has 1 aliphatic carbocycles. The number of carbonyl (C=O) groups excluding carboxylic acids is 1. The van der Waals surface area contributed by atoms with Gasteiger partial charge in [0.05, 0.1) is 12.2 Å². The highest BCUT2D eigenvalue weighted by atomic mass is 16.5. The molecule has 0 unspecified atom stereocenters. The van der Waals surface area contributed by atoms with Gasteiger partial charge < -0.3 is 25.4 Å². The normalized spacial score (nSPS) is 33.3. The molecule has 2 heterocycles. The highest BCUT2D eigenvalue weighted by Crippen LogP contribution is 2.24. The van der Waals surface area contributed by atoms with Crippen LogP contribution in [-0.2, 0) is 9.53 Å². The van der Waals surface area contributed by atoms with Gasteiger partial charge in [-0.2, -0.15) is 0 Å². The zero-order valence-corrected chi connectivity index (χ0v) is 14.7. The number of ether oxygens (including phenoxy) is 1. The Hall–Kier alpha value is -0.690. The molecule has 3 fully saturated rings. The van der Waals surface area contributed by atoms with Crippen LogP contribution in [0.4, 0.5) is 0 Å². The number of aliphatic hydroxyl groups is 1. The monoisotopic (exact) mass is 339 g/mol. The van der Waals surface area contributed by atoms with Gasteiger partial charge in [0, 0.05) is 38.8 Å².